The van der Waals surface area contributed by atoms with Crippen molar-refractivity contribution in [1.82, 2.24) is 0 Å². The molecule has 8 rings (SSSR count). The van der Waals surface area contributed by atoms with E-state index in [1.54, 1.807) is 0 Å². The third-order valence-electron chi connectivity index (χ3n) is 8.45. The van der Waals surface area contributed by atoms with Gasteiger partial charge in [0.2, 0.25) is 0 Å². The summed E-state index contributed by atoms with van der Waals surface area (Å²) in [6, 6.07) is 61.6. The second kappa shape index (κ2) is 10.2. The smallest absolute Gasteiger partial charge is 0.0527 e. The highest BCUT2D eigenvalue weighted by Crippen LogP contribution is 2.44. The molecule has 0 N–H and O–H groups in total. The van der Waals surface area contributed by atoms with Gasteiger partial charge in [0.15, 0.2) is 0 Å². The molecule has 0 radical (unpaired) electrons. The van der Waals surface area contributed by atoms with Crippen molar-refractivity contribution in [1.29, 1.82) is 0 Å². The molecule has 0 heteroatoms. The normalized spacial score (nSPS) is 11.3. The third-order valence-corrected chi connectivity index (χ3v) is 8.45. The van der Waals surface area contributed by atoms with Crippen LogP contribution in [0.4, 0.5) is 0 Å². The van der Waals surface area contributed by atoms with E-state index in [0.29, 0.717) is 0 Å². The van der Waals surface area contributed by atoms with E-state index in [4.69, 9.17) is 0 Å². The predicted octanol–water partition coefficient (Wildman–Crippen LogP) is 10.6. The van der Waals surface area contributed by atoms with Crippen molar-refractivity contribution in [2.45, 2.75) is 0 Å². The summed E-state index contributed by atoms with van der Waals surface area (Å²) < 4.78 is 0. The van der Waals surface area contributed by atoms with Gasteiger partial charge in [-0.25, -0.2) is 0 Å². The molecule has 0 heterocycles. The maximum atomic E-state index is 2.35. The van der Waals surface area contributed by atoms with Crippen LogP contribution >= 0.6 is 0 Å². The van der Waals surface area contributed by atoms with Gasteiger partial charge < -0.3 is 0 Å². The molecule has 0 aliphatic carbocycles. The third kappa shape index (κ3) is 4.00. The van der Waals surface area contributed by atoms with Gasteiger partial charge in [-0.3, -0.25) is 0 Å². The molecule has 42 heavy (non-hydrogen) atoms. The molecule has 0 aliphatic heterocycles. The van der Waals surface area contributed by atoms with E-state index < -0.39 is 0 Å². The largest absolute Gasteiger partial charge is 0.0638 e. The maximum absolute atomic E-state index is 2.35. The van der Waals surface area contributed by atoms with Crippen LogP contribution in [0.5, 0.6) is 0 Å². The lowest BCUT2D eigenvalue weighted by Gasteiger charge is -2.19. The highest BCUT2D eigenvalue weighted by atomic mass is 14.3. The van der Waals surface area contributed by atoms with E-state index in [1.807, 2.05) is 0 Å². The minimum Gasteiger partial charge on any atom is -0.0527 e. The lowest BCUT2D eigenvalue weighted by Crippen LogP contribution is -2.07. The van der Waals surface area contributed by atoms with Crippen LogP contribution in [0.2, 0.25) is 0 Å². The Morgan fingerprint density at radius 3 is 0.857 bits per heavy atom. The Kier molecular flexibility index (Phi) is 5.90. The van der Waals surface area contributed by atoms with Crippen LogP contribution in [0.1, 0.15) is 33.4 Å². The summed E-state index contributed by atoms with van der Waals surface area (Å²) in [6.07, 6.45) is 0. The highest BCUT2D eigenvalue weighted by molar-refractivity contribution is 6.25. The summed E-state index contributed by atoms with van der Waals surface area (Å²) in [6.45, 7) is 0. The van der Waals surface area contributed by atoms with Crippen molar-refractivity contribution in [3.63, 3.8) is 0 Å². The van der Waals surface area contributed by atoms with Crippen LogP contribution in [0.3, 0.4) is 0 Å². The SMILES string of the molecule is c1ccc([C+](c2ccccc2)c2ccc3ccc4ccc([C+](c5ccccc5)c5ccccc5)c5ccc2c3c45)cc1. The molecule has 8 aromatic carbocycles. The van der Waals surface area contributed by atoms with E-state index in [1.165, 1.54) is 77.5 Å². The second-order valence-corrected chi connectivity index (χ2v) is 10.9. The predicted molar refractivity (Wildman–Crippen MR) is 177 cm³/mol. The second-order valence-electron chi connectivity index (χ2n) is 10.9. The molecule has 0 aliphatic rings. The summed E-state index contributed by atoms with van der Waals surface area (Å²) in [5.74, 6) is 2.52. The van der Waals surface area contributed by atoms with Gasteiger partial charge in [-0.2, -0.15) is 0 Å². The minimum absolute atomic E-state index is 1.23. The molecule has 0 bridgehead atoms. The van der Waals surface area contributed by atoms with E-state index in [0.717, 1.165) is 0 Å². The quantitative estimate of drug-likeness (QED) is 0.113. The summed E-state index contributed by atoms with van der Waals surface area (Å²) in [7, 11) is 0. The van der Waals surface area contributed by atoms with Crippen LogP contribution in [0.25, 0.3) is 32.3 Å². The van der Waals surface area contributed by atoms with E-state index in [2.05, 4.69) is 170 Å². The first-order valence-corrected chi connectivity index (χ1v) is 14.5. The van der Waals surface area contributed by atoms with Crippen molar-refractivity contribution in [3.8, 4) is 0 Å². The van der Waals surface area contributed by atoms with Crippen molar-refractivity contribution in [2.75, 3.05) is 0 Å². The average Bonchev–Trinajstić information content (AvgIpc) is 3.07. The molecule has 0 unspecified atom stereocenters. The maximum Gasteiger partial charge on any atom is 0.0638 e. The standard InChI is InChI=1S/C42H28/c1-5-13-29(14-6-1)39(30-15-7-2-8-16-30)35-25-23-33-21-22-34-24-26-36(38-28-27-37(35)41(33)42(34)38)40(31-17-9-3-10-18-31)32-19-11-4-12-20-32/h1-28H/q+2. The average molecular weight is 533 g/mol. The summed E-state index contributed by atoms with van der Waals surface area (Å²) in [4.78, 5) is 0. The summed E-state index contributed by atoms with van der Waals surface area (Å²) in [5, 5.41) is 7.76. The fourth-order valence-electron chi connectivity index (χ4n) is 6.61. The number of hydrogen-bond acceptors (Lipinski definition) is 0. The lowest BCUT2D eigenvalue weighted by atomic mass is 9.78. The number of hydrogen-bond donors (Lipinski definition) is 0. The zero-order valence-corrected chi connectivity index (χ0v) is 23.2. The van der Waals surface area contributed by atoms with Gasteiger partial charge in [-0.05, 0) is 144 Å². The van der Waals surface area contributed by atoms with Gasteiger partial charge in [0.1, 0.15) is 0 Å². The molecular weight excluding hydrogens is 504 g/mol. The summed E-state index contributed by atoms with van der Waals surface area (Å²) in [5.41, 5.74) is 7.42. The van der Waals surface area contributed by atoms with E-state index in [-0.39, 0.29) is 0 Å². The Morgan fingerprint density at radius 2 is 0.548 bits per heavy atom. The molecule has 0 fully saturated rings. The van der Waals surface area contributed by atoms with Crippen molar-refractivity contribution >= 4 is 32.3 Å². The first kappa shape index (κ1) is 24.3. The van der Waals surface area contributed by atoms with Crippen LogP contribution in [-0.2, 0) is 0 Å². The van der Waals surface area contributed by atoms with Crippen LogP contribution < -0.4 is 0 Å². The van der Waals surface area contributed by atoms with Gasteiger partial charge in [-0.1, -0.05) is 36.4 Å². The van der Waals surface area contributed by atoms with Gasteiger partial charge in [0, 0.05) is 21.5 Å². The zero-order valence-electron chi connectivity index (χ0n) is 23.2. The van der Waals surface area contributed by atoms with E-state index >= 15 is 0 Å². The molecule has 0 saturated heterocycles. The fraction of sp³-hybridized carbons (Fsp3) is 0. The molecule has 0 amide bonds. The Hall–Kier alpha value is -5.46. The zero-order chi connectivity index (χ0) is 27.9. The van der Waals surface area contributed by atoms with Gasteiger partial charge in [0.25, 0.3) is 0 Å². The molecular formula is C42H28+2. The summed E-state index contributed by atoms with van der Waals surface area (Å²) >= 11 is 0. The van der Waals surface area contributed by atoms with Gasteiger partial charge >= 0.3 is 0 Å². The topological polar surface area (TPSA) is 0 Å². The van der Waals surface area contributed by atoms with Gasteiger partial charge in [-0.15, -0.1) is 0 Å². The van der Waals surface area contributed by atoms with Crippen molar-refractivity contribution in [3.05, 3.63) is 215 Å². The minimum atomic E-state index is 1.23. The monoisotopic (exact) mass is 532 g/mol. The first-order valence-electron chi connectivity index (χ1n) is 14.5. The number of rotatable bonds is 6. The fourth-order valence-corrected chi connectivity index (χ4v) is 6.61. The Bertz CT molecular complexity index is 1880. The molecule has 0 aromatic heterocycles. The van der Waals surface area contributed by atoms with Crippen molar-refractivity contribution < 1.29 is 0 Å². The van der Waals surface area contributed by atoms with Gasteiger partial charge in [0.05, 0.1) is 45.2 Å². The molecule has 0 saturated carbocycles. The molecule has 0 spiro atoms. The Morgan fingerprint density at radius 1 is 0.262 bits per heavy atom. The first-order chi connectivity index (χ1) is 20.9. The lowest BCUT2D eigenvalue weighted by molar-refractivity contribution is 1.24. The Balaban J connectivity index is 1.42. The van der Waals surface area contributed by atoms with E-state index in [9.17, 15) is 0 Å². The Labute approximate surface area is 246 Å². The highest BCUT2D eigenvalue weighted by Gasteiger charge is 2.29. The number of benzene rings is 8. The molecule has 0 atom stereocenters. The van der Waals surface area contributed by atoms with Crippen LogP contribution in [-0.4, -0.2) is 0 Å². The van der Waals surface area contributed by atoms with Crippen LogP contribution in [0.15, 0.2) is 170 Å². The molecule has 194 valence electrons. The molecule has 0 nitrogen and oxygen atoms in total. The molecule has 8 aromatic rings. The van der Waals surface area contributed by atoms with Crippen LogP contribution in [0, 0.1) is 11.8 Å². The van der Waals surface area contributed by atoms with Crippen molar-refractivity contribution in [2.24, 2.45) is 0 Å².